The van der Waals surface area contributed by atoms with Gasteiger partial charge in [-0.2, -0.15) is 18.4 Å². The Morgan fingerprint density at radius 2 is 1.77 bits per heavy atom. The Labute approximate surface area is 204 Å². The Bertz CT molecular complexity index is 1400. The highest BCUT2D eigenvalue weighted by atomic mass is 35.5. The first-order valence-electron chi connectivity index (χ1n) is 9.84. The first-order chi connectivity index (χ1) is 16.4. The van der Waals surface area contributed by atoms with E-state index >= 15 is 0 Å². The number of hydrogen-bond donors (Lipinski definition) is 2. The van der Waals surface area contributed by atoms with Crippen molar-refractivity contribution in [3.63, 3.8) is 0 Å². The van der Waals surface area contributed by atoms with Gasteiger partial charge in [-0.1, -0.05) is 23.7 Å². The third-order valence-electron chi connectivity index (χ3n) is 4.60. The minimum atomic E-state index is -4.70. The molecule has 0 spiro atoms. The zero-order chi connectivity index (χ0) is 25.8. The number of anilines is 1. The number of nitriles is 1. The van der Waals surface area contributed by atoms with Crippen LogP contribution >= 0.6 is 11.6 Å². The number of amides is 1. The van der Waals surface area contributed by atoms with Gasteiger partial charge >= 0.3 is 6.18 Å². The Morgan fingerprint density at radius 1 is 1.09 bits per heavy atom. The number of nitrogens with zero attached hydrogens (tertiary/aromatic N) is 1. The van der Waals surface area contributed by atoms with Crippen molar-refractivity contribution in [2.75, 3.05) is 4.72 Å². The van der Waals surface area contributed by atoms with E-state index in [2.05, 4.69) is 10.0 Å². The molecule has 0 aliphatic heterocycles. The van der Waals surface area contributed by atoms with Crippen LogP contribution in [0, 0.1) is 11.3 Å². The number of alkyl halides is 3. The van der Waals surface area contributed by atoms with Crippen molar-refractivity contribution >= 4 is 33.2 Å². The summed E-state index contributed by atoms with van der Waals surface area (Å²) >= 11 is 5.60. The van der Waals surface area contributed by atoms with E-state index in [-0.39, 0.29) is 40.1 Å². The van der Waals surface area contributed by atoms with Crippen LogP contribution in [0.15, 0.2) is 65.6 Å². The van der Waals surface area contributed by atoms with Crippen molar-refractivity contribution < 1.29 is 31.1 Å². The molecule has 0 aliphatic rings. The van der Waals surface area contributed by atoms with Crippen LogP contribution in [0.1, 0.15) is 23.6 Å². The van der Waals surface area contributed by atoms with Crippen LogP contribution in [0.2, 0.25) is 5.02 Å². The van der Waals surface area contributed by atoms with Crippen LogP contribution in [0.5, 0.6) is 11.5 Å². The molecule has 35 heavy (non-hydrogen) atoms. The normalized spacial score (nSPS) is 11.4. The van der Waals surface area contributed by atoms with Gasteiger partial charge in [0.2, 0.25) is 5.91 Å². The maximum Gasteiger partial charge on any atom is 0.417 e. The predicted octanol–water partition coefficient (Wildman–Crippen LogP) is 5.46. The van der Waals surface area contributed by atoms with Gasteiger partial charge in [0.05, 0.1) is 26.7 Å². The van der Waals surface area contributed by atoms with E-state index in [4.69, 9.17) is 16.3 Å². The molecule has 0 heterocycles. The number of benzene rings is 3. The average Bonchev–Trinajstić information content (AvgIpc) is 2.79. The Hall–Kier alpha value is -3.75. The lowest BCUT2D eigenvalue weighted by Gasteiger charge is -2.14. The molecule has 0 bridgehead atoms. The quantitative estimate of drug-likeness (QED) is 0.427. The highest BCUT2D eigenvalue weighted by Crippen LogP contribution is 2.38. The number of sulfonamides is 1. The van der Waals surface area contributed by atoms with E-state index in [0.717, 1.165) is 6.07 Å². The maximum absolute atomic E-state index is 13.1. The monoisotopic (exact) mass is 523 g/mol. The highest BCUT2D eigenvalue weighted by molar-refractivity contribution is 7.92. The van der Waals surface area contributed by atoms with Crippen molar-refractivity contribution in [1.29, 1.82) is 5.26 Å². The first kappa shape index (κ1) is 25.9. The molecule has 3 aromatic rings. The van der Waals surface area contributed by atoms with Crippen molar-refractivity contribution in [2.24, 2.45) is 0 Å². The zero-order valence-corrected chi connectivity index (χ0v) is 19.6. The van der Waals surface area contributed by atoms with E-state index in [9.17, 15) is 31.6 Å². The molecule has 0 unspecified atom stereocenters. The molecule has 0 radical (unpaired) electrons. The average molecular weight is 524 g/mol. The fourth-order valence-corrected chi connectivity index (χ4v) is 4.18. The van der Waals surface area contributed by atoms with Crippen LogP contribution < -0.4 is 14.8 Å². The SMILES string of the molecule is CC(=O)NCc1ccc(S(=O)(=O)Nc2ccc(Oc3ccc(Cl)c(C(F)(F)F)c3)c(C#N)c2)cc1. The zero-order valence-electron chi connectivity index (χ0n) is 18.0. The standard InChI is InChI=1S/C23H17ClF3N3O4S/c1-14(31)29-13-15-2-6-19(7-3-15)35(32,33)30-17-4-9-22(16(10-17)12-28)34-18-5-8-21(24)20(11-18)23(25,26)27/h2-11,30H,13H2,1H3,(H,29,31). The van der Waals surface area contributed by atoms with Gasteiger partial charge in [0.25, 0.3) is 10.0 Å². The molecule has 0 saturated carbocycles. The third-order valence-corrected chi connectivity index (χ3v) is 6.33. The molecule has 0 atom stereocenters. The molecule has 182 valence electrons. The maximum atomic E-state index is 13.1. The van der Waals surface area contributed by atoms with Crippen molar-refractivity contribution in [3.8, 4) is 17.6 Å². The summed E-state index contributed by atoms with van der Waals surface area (Å²) in [6.07, 6.45) is -4.70. The van der Waals surface area contributed by atoms with E-state index in [1.807, 2.05) is 6.07 Å². The molecular weight excluding hydrogens is 507 g/mol. The topological polar surface area (TPSA) is 108 Å². The largest absolute Gasteiger partial charge is 0.456 e. The first-order valence-corrected chi connectivity index (χ1v) is 11.7. The molecular formula is C23H17ClF3N3O4S. The lowest BCUT2D eigenvalue weighted by molar-refractivity contribution is -0.137. The fourth-order valence-electron chi connectivity index (χ4n) is 2.91. The lowest BCUT2D eigenvalue weighted by atomic mass is 10.2. The minimum absolute atomic E-state index is 0.0447. The molecule has 7 nitrogen and oxygen atoms in total. The van der Waals surface area contributed by atoms with Gasteiger partial charge in [0, 0.05) is 13.5 Å². The fraction of sp³-hybridized carbons (Fsp3) is 0.130. The number of ether oxygens (including phenoxy) is 1. The molecule has 1 amide bonds. The lowest BCUT2D eigenvalue weighted by Crippen LogP contribution is -2.19. The molecule has 3 aromatic carbocycles. The van der Waals surface area contributed by atoms with E-state index in [0.29, 0.717) is 11.6 Å². The van der Waals surface area contributed by atoms with Gasteiger partial charge in [-0.05, 0) is 54.1 Å². The summed E-state index contributed by atoms with van der Waals surface area (Å²) in [5, 5.41) is 11.5. The highest BCUT2D eigenvalue weighted by Gasteiger charge is 2.33. The Balaban J connectivity index is 1.80. The van der Waals surface area contributed by atoms with E-state index in [1.165, 1.54) is 43.3 Å². The number of carbonyl (C=O) groups is 1. The summed E-state index contributed by atoms with van der Waals surface area (Å²) in [5.41, 5.74) is -0.464. The van der Waals surface area contributed by atoms with E-state index in [1.54, 1.807) is 12.1 Å². The van der Waals surface area contributed by atoms with Crippen LogP contribution in [-0.2, 0) is 27.5 Å². The number of rotatable bonds is 7. The summed E-state index contributed by atoms with van der Waals surface area (Å²) in [4.78, 5) is 10.9. The second kappa shape index (κ2) is 10.2. The molecule has 0 aliphatic carbocycles. The van der Waals surface area contributed by atoms with Crippen molar-refractivity contribution in [3.05, 3.63) is 82.4 Å². The van der Waals surface area contributed by atoms with Gasteiger partial charge in [-0.3, -0.25) is 9.52 Å². The van der Waals surface area contributed by atoms with Crippen LogP contribution in [0.3, 0.4) is 0 Å². The van der Waals surface area contributed by atoms with Gasteiger partial charge in [0.1, 0.15) is 17.6 Å². The van der Waals surface area contributed by atoms with Gasteiger partial charge in [-0.25, -0.2) is 8.42 Å². The molecule has 0 fully saturated rings. The number of carbonyl (C=O) groups excluding carboxylic acids is 1. The van der Waals surface area contributed by atoms with Crippen molar-refractivity contribution in [1.82, 2.24) is 5.32 Å². The predicted molar refractivity (Wildman–Crippen MR) is 122 cm³/mol. The molecule has 3 rings (SSSR count). The number of hydrogen-bond acceptors (Lipinski definition) is 5. The minimum Gasteiger partial charge on any atom is -0.456 e. The van der Waals surface area contributed by atoms with Crippen LogP contribution in [0.25, 0.3) is 0 Å². The summed E-state index contributed by atoms with van der Waals surface area (Å²) in [6, 6.07) is 14.3. The van der Waals surface area contributed by atoms with Crippen LogP contribution in [0.4, 0.5) is 18.9 Å². The summed E-state index contributed by atoms with van der Waals surface area (Å²) in [7, 11) is -4.01. The summed E-state index contributed by atoms with van der Waals surface area (Å²) < 4.78 is 72.4. The second-order valence-electron chi connectivity index (χ2n) is 7.22. The smallest absolute Gasteiger partial charge is 0.417 e. The van der Waals surface area contributed by atoms with Crippen molar-refractivity contribution in [2.45, 2.75) is 24.5 Å². The summed E-state index contributed by atoms with van der Waals surface area (Å²) in [6.45, 7) is 1.61. The Kier molecular flexibility index (Phi) is 7.57. The third kappa shape index (κ3) is 6.65. The second-order valence-corrected chi connectivity index (χ2v) is 9.31. The van der Waals surface area contributed by atoms with Crippen LogP contribution in [-0.4, -0.2) is 14.3 Å². The van der Waals surface area contributed by atoms with Gasteiger partial charge in [-0.15, -0.1) is 0 Å². The molecule has 2 N–H and O–H groups in total. The molecule has 0 aromatic heterocycles. The number of nitrogens with one attached hydrogen (secondary N) is 2. The van der Waals surface area contributed by atoms with Gasteiger partial charge < -0.3 is 10.1 Å². The summed E-state index contributed by atoms with van der Waals surface area (Å²) in [5.74, 6) is -0.500. The van der Waals surface area contributed by atoms with E-state index < -0.39 is 26.8 Å². The van der Waals surface area contributed by atoms with Gasteiger partial charge in [0.15, 0.2) is 0 Å². The molecule has 12 heteroatoms. The molecule has 0 saturated heterocycles. The number of halogens is 4. The Morgan fingerprint density at radius 3 is 2.37 bits per heavy atom.